The Morgan fingerprint density at radius 1 is 1.28 bits per heavy atom. The van der Waals surface area contributed by atoms with Gasteiger partial charge in [-0.2, -0.15) is 5.10 Å². The quantitative estimate of drug-likeness (QED) is 0.809. The van der Waals surface area contributed by atoms with Crippen molar-refractivity contribution >= 4 is 33.5 Å². The molecule has 0 unspecified atom stereocenters. The smallest absolute Gasteiger partial charge is 0.335 e. The first kappa shape index (κ1) is 12.3. The molecule has 1 aromatic heterocycles. The maximum absolute atomic E-state index is 11.7. The lowest BCUT2D eigenvalue weighted by Crippen LogP contribution is -2.11. The Balaban J connectivity index is 2.24. The van der Waals surface area contributed by atoms with Gasteiger partial charge in [-0.05, 0) is 18.2 Å². The number of carbonyl (C=O) groups is 2. The third kappa shape index (κ3) is 2.75. The van der Waals surface area contributed by atoms with E-state index in [4.69, 9.17) is 5.11 Å². The van der Waals surface area contributed by atoms with Gasteiger partial charge in [0.05, 0.1) is 17.3 Å². The van der Waals surface area contributed by atoms with Crippen molar-refractivity contribution in [2.75, 3.05) is 5.32 Å². The van der Waals surface area contributed by atoms with Crippen LogP contribution in [-0.2, 0) is 0 Å². The molecule has 0 aliphatic rings. The Bertz CT molecular complexity index is 596. The number of carboxylic acids is 1. The number of rotatable bonds is 3. The molecule has 0 saturated carbocycles. The summed E-state index contributed by atoms with van der Waals surface area (Å²) in [5.41, 5.74) is 0.853. The molecule has 0 aliphatic carbocycles. The van der Waals surface area contributed by atoms with Gasteiger partial charge < -0.3 is 10.4 Å². The number of carbonyl (C=O) groups excluding carboxylic acids is 1. The fourth-order valence-electron chi connectivity index (χ4n) is 1.36. The van der Waals surface area contributed by atoms with Crippen molar-refractivity contribution < 1.29 is 14.7 Å². The fraction of sp³-hybridized carbons (Fsp3) is 0. The summed E-state index contributed by atoms with van der Waals surface area (Å²) in [7, 11) is 0. The number of aromatic amines is 1. The molecule has 2 aromatic rings. The zero-order chi connectivity index (χ0) is 13.1. The maximum Gasteiger partial charge on any atom is 0.335 e. The van der Waals surface area contributed by atoms with E-state index < -0.39 is 5.97 Å². The summed E-state index contributed by atoms with van der Waals surface area (Å²) in [5, 5.41) is 17.7. The number of aromatic carboxylic acids is 1. The Labute approximate surface area is 110 Å². The summed E-state index contributed by atoms with van der Waals surface area (Å²) in [5.74, 6) is -1.42. The van der Waals surface area contributed by atoms with Gasteiger partial charge in [0.1, 0.15) is 0 Å². The summed E-state index contributed by atoms with van der Waals surface area (Å²) in [4.78, 5) is 22.6. The predicted octanol–water partition coefficient (Wildman–Crippen LogP) is 2.12. The van der Waals surface area contributed by atoms with Crippen LogP contribution in [0.2, 0.25) is 0 Å². The molecule has 7 heteroatoms. The van der Waals surface area contributed by atoms with Gasteiger partial charge in [-0.15, -0.1) is 0 Å². The first-order valence-electron chi connectivity index (χ1n) is 4.90. The fourth-order valence-corrected chi connectivity index (χ4v) is 1.86. The average molecular weight is 310 g/mol. The highest BCUT2D eigenvalue weighted by Crippen LogP contribution is 2.20. The van der Waals surface area contributed by atoms with E-state index >= 15 is 0 Å². The molecule has 1 aromatic carbocycles. The number of aromatic nitrogens is 2. The van der Waals surface area contributed by atoms with E-state index in [-0.39, 0.29) is 11.5 Å². The monoisotopic (exact) mass is 309 g/mol. The van der Waals surface area contributed by atoms with Crippen LogP contribution in [0.4, 0.5) is 5.69 Å². The normalized spacial score (nSPS) is 10.1. The molecule has 0 fully saturated rings. The maximum atomic E-state index is 11.7. The van der Waals surface area contributed by atoms with Crippen LogP contribution >= 0.6 is 15.9 Å². The van der Waals surface area contributed by atoms with Gasteiger partial charge >= 0.3 is 5.97 Å². The standard InChI is InChI=1S/C11H8BrN3O3/c12-8-1-6(11(17)18)2-9(3-8)15-10(16)7-4-13-14-5-7/h1-5H,(H,13,14)(H,15,16)(H,17,18). The molecule has 92 valence electrons. The molecule has 1 amide bonds. The topological polar surface area (TPSA) is 95.1 Å². The van der Waals surface area contributed by atoms with Gasteiger partial charge in [-0.25, -0.2) is 4.79 Å². The van der Waals surface area contributed by atoms with Crippen LogP contribution in [0.3, 0.4) is 0 Å². The molecule has 0 bridgehead atoms. The van der Waals surface area contributed by atoms with Crippen molar-refractivity contribution in [1.29, 1.82) is 0 Å². The minimum atomic E-state index is -1.06. The van der Waals surface area contributed by atoms with E-state index in [9.17, 15) is 9.59 Å². The molecule has 0 aliphatic heterocycles. The zero-order valence-electron chi connectivity index (χ0n) is 8.98. The average Bonchev–Trinajstić information content (AvgIpc) is 2.81. The molecule has 0 radical (unpaired) electrons. The van der Waals surface area contributed by atoms with Crippen LogP contribution < -0.4 is 5.32 Å². The number of anilines is 1. The van der Waals surface area contributed by atoms with Crippen LogP contribution in [0.15, 0.2) is 35.1 Å². The number of hydrogen-bond acceptors (Lipinski definition) is 3. The second kappa shape index (κ2) is 5.01. The van der Waals surface area contributed by atoms with Crippen LogP contribution in [0, 0.1) is 0 Å². The molecule has 0 atom stereocenters. The number of benzene rings is 1. The third-order valence-corrected chi connectivity index (χ3v) is 2.62. The molecule has 0 saturated heterocycles. The lowest BCUT2D eigenvalue weighted by atomic mass is 10.2. The summed E-state index contributed by atoms with van der Waals surface area (Å²) in [6.45, 7) is 0. The number of nitrogens with one attached hydrogen (secondary N) is 2. The number of nitrogens with zero attached hydrogens (tertiary/aromatic N) is 1. The molecule has 3 N–H and O–H groups in total. The van der Waals surface area contributed by atoms with Crippen LogP contribution in [-0.4, -0.2) is 27.2 Å². The highest BCUT2D eigenvalue weighted by Gasteiger charge is 2.10. The van der Waals surface area contributed by atoms with Crippen molar-refractivity contribution in [3.05, 3.63) is 46.2 Å². The largest absolute Gasteiger partial charge is 0.478 e. The zero-order valence-corrected chi connectivity index (χ0v) is 10.6. The first-order valence-corrected chi connectivity index (χ1v) is 5.69. The lowest BCUT2D eigenvalue weighted by molar-refractivity contribution is 0.0696. The Morgan fingerprint density at radius 2 is 2.06 bits per heavy atom. The van der Waals surface area contributed by atoms with Crippen molar-refractivity contribution in [1.82, 2.24) is 10.2 Å². The second-order valence-corrected chi connectivity index (χ2v) is 4.39. The number of H-pyrrole nitrogens is 1. The Hall–Kier alpha value is -2.15. The van der Waals surface area contributed by atoms with Gasteiger partial charge in [0.25, 0.3) is 5.91 Å². The molecule has 2 rings (SSSR count). The number of amides is 1. The SMILES string of the molecule is O=C(O)c1cc(Br)cc(NC(=O)c2cn[nH]c2)c1. The van der Waals surface area contributed by atoms with Crippen LogP contribution in [0.5, 0.6) is 0 Å². The van der Waals surface area contributed by atoms with E-state index in [1.54, 1.807) is 6.07 Å². The van der Waals surface area contributed by atoms with E-state index in [1.165, 1.54) is 24.5 Å². The first-order chi connectivity index (χ1) is 8.56. The molecule has 18 heavy (non-hydrogen) atoms. The van der Waals surface area contributed by atoms with E-state index in [2.05, 4.69) is 31.4 Å². The second-order valence-electron chi connectivity index (χ2n) is 3.47. The van der Waals surface area contributed by atoms with Crippen LogP contribution in [0.1, 0.15) is 20.7 Å². The number of carboxylic acid groups (broad SMARTS) is 1. The summed E-state index contributed by atoms with van der Waals surface area (Å²) >= 11 is 3.19. The Kier molecular flexibility index (Phi) is 3.42. The molecular formula is C11H8BrN3O3. The predicted molar refractivity (Wildman–Crippen MR) is 67.6 cm³/mol. The van der Waals surface area contributed by atoms with Gasteiger partial charge in [-0.1, -0.05) is 15.9 Å². The molecule has 0 spiro atoms. The lowest BCUT2D eigenvalue weighted by Gasteiger charge is -2.05. The Morgan fingerprint density at radius 3 is 2.67 bits per heavy atom. The van der Waals surface area contributed by atoms with Crippen molar-refractivity contribution in [3.63, 3.8) is 0 Å². The molecule has 6 nitrogen and oxygen atoms in total. The number of hydrogen-bond donors (Lipinski definition) is 3. The molecule has 1 heterocycles. The minimum absolute atomic E-state index is 0.0897. The summed E-state index contributed by atoms with van der Waals surface area (Å²) in [6, 6.07) is 4.45. The highest BCUT2D eigenvalue weighted by atomic mass is 79.9. The minimum Gasteiger partial charge on any atom is -0.478 e. The summed E-state index contributed by atoms with van der Waals surface area (Å²) < 4.78 is 0.574. The third-order valence-electron chi connectivity index (χ3n) is 2.16. The van der Waals surface area contributed by atoms with Gasteiger partial charge in [0.2, 0.25) is 0 Å². The summed E-state index contributed by atoms with van der Waals surface area (Å²) in [6.07, 6.45) is 2.83. The van der Waals surface area contributed by atoms with Crippen LogP contribution in [0.25, 0.3) is 0 Å². The van der Waals surface area contributed by atoms with E-state index in [0.717, 1.165) is 0 Å². The van der Waals surface area contributed by atoms with Gasteiger partial charge in [-0.3, -0.25) is 9.89 Å². The molecular weight excluding hydrogens is 302 g/mol. The van der Waals surface area contributed by atoms with E-state index in [1.807, 2.05) is 0 Å². The van der Waals surface area contributed by atoms with Gasteiger partial charge in [0.15, 0.2) is 0 Å². The van der Waals surface area contributed by atoms with E-state index in [0.29, 0.717) is 15.7 Å². The number of halogens is 1. The van der Waals surface area contributed by atoms with Crippen molar-refractivity contribution in [2.45, 2.75) is 0 Å². The van der Waals surface area contributed by atoms with Gasteiger partial charge in [0, 0.05) is 16.4 Å². The highest BCUT2D eigenvalue weighted by molar-refractivity contribution is 9.10. The van der Waals surface area contributed by atoms with Crippen molar-refractivity contribution in [3.8, 4) is 0 Å². The van der Waals surface area contributed by atoms with Crippen molar-refractivity contribution in [2.24, 2.45) is 0 Å².